The van der Waals surface area contributed by atoms with E-state index in [0.29, 0.717) is 43.6 Å². The summed E-state index contributed by atoms with van der Waals surface area (Å²) in [6, 6.07) is 4.16. The van der Waals surface area contributed by atoms with E-state index < -0.39 is 16.4 Å². The first kappa shape index (κ1) is 16.3. The normalized spacial score (nSPS) is 17.0. The van der Waals surface area contributed by atoms with E-state index in [2.05, 4.69) is 15.0 Å². The zero-order valence-corrected chi connectivity index (χ0v) is 13.5. The van der Waals surface area contributed by atoms with Gasteiger partial charge in [-0.2, -0.15) is 9.37 Å². The number of hydrogen-bond acceptors (Lipinski definition) is 7. The number of halogens is 1. The Balaban J connectivity index is 1.72. The highest BCUT2D eigenvalue weighted by molar-refractivity contribution is 5.64. The number of para-hydroxylation sites is 1. The van der Waals surface area contributed by atoms with Crippen molar-refractivity contribution in [1.82, 2.24) is 15.0 Å². The lowest BCUT2D eigenvalue weighted by atomic mass is 10.2. The maximum absolute atomic E-state index is 13.8. The second kappa shape index (κ2) is 6.52. The van der Waals surface area contributed by atoms with Gasteiger partial charge in [-0.3, -0.25) is 15.0 Å². The maximum atomic E-state index is 13.8. The molecule has 0 amide bonds. The van der Waals surface area contributed by atoms with Gasteiger partial charge in [-0.25, -0.2) is 0 Å². The summed E-state index contributed by atoms with van der Waals surface area (Å²) in [5.74, 6) is 0.332. The van der Waals surface area contributed by atoms with Crippen LogP contribution in [-0.2, 0) is 0 Å². The quantitative estimate of drug-likeness (QED) is 0.625. The minimum Gasteiger partial charge on any atom is -0.363 e. The predicted molar refractivity (Wildman–Crippen MR) is 84.3 cm³/mol. The van der Waals surface area contributed by atoms with Gasteiger partial charge in [-0.05, 0) is 26.0 Å². The van der Waals surface area contributed by atoms with Crippen molar-refractivity contribution in [1.29, 1.82) is 0 Å². The lowest BCUT2D eigenvalue weighted by molar-refractivity contribution is -0.386. The zero-order valence-electron chi connectivity index (χ0n) is 13.5. The van der Waals surface area contributed by atoms with Gasteiger partial charge in [0.15, 0.2) is 5.82 Å². The largest absolute Gasteiger partial charge is 0.363 e. The summed E-state index contributed by atoms with van der Waals surface area (Å²) in [4.78, 5) is 18.7. The van der Waals surface area contributed by atoms with Crippen LogP contribution in [0.15, 0.2) is 22.7 Å². The van der Waals surface area contributed by atoms with Crippen LogP contribution >= 0.6 is 0 Å². The van der Waals surface area contributed by atoms with Crippen molar-refractivity contribution in [3.63, 3.8) is 0 Å². The van der Waals surface area contributed by atoms with Crippen molar-refractivity contribution in [2.24, 2.45) is 0 Å². The number of aromatic nitrogens is 2. The van der Waals surface area contributed by atoms with Crippen molar-refractivity contribution in [2.45, 2.75) is 19.9 Å². The van der Waals surface area contributed by atoms with Crippen LogP contribution in [0, 0.1) is 22.9 Å². The van der Waals surface area contributed by atoms with Crippen LogP contribution in [-0.4, -0.2) is 46.1 Å². The molecule has 1 unspecified atom stereocenters. The molecule has 128 valence electrons. The van der Waals surface area contributed by atoms with E-state index in [1.54, 1.807) is 13.0 Å². The van der Waals surface area contributed by atoms with Crippen LogP contribution < -0.4 is 4.90 Å². The molecular weight excluding hydrogens is 317 g/mol. The van der Waals surface area contributed by atoms with Gasteiger partial charge in [0.2, 0.25) is 11.7 Å². The Hall–Kier alpha value is -2.55. The van der Waals surface area contributed by atoms with Crippen molar-refractivity contribution in [3.8, 4) is 0 Å². The number of anilines is 1. The Labute approximate surface area is 138 Å². The molecule has 1 aliphatic heterocycles. The molecule has 0 spiro atoms. The molecule has 24 heavy (non-hydrogen) atoms. The number of benzene rings is 1. The number of nitrogens with zero attached hydrogens (tertiary/aromatic N) is 5. The average molecular weight is 335 g/mol. The molecule has 0 radical (unpaired) electrons. The van der Waals surface area contributed by atoms with Crippen molar-refractivity contribution in [2.75, 3.05) is 31.1 Å². The monoisotopic (exact) mass is 335 g/mol. The molecule has 3 rings (SSSR count). The third-order valence-corrected chi connectivity index (χ3v) is 4.25. The summed E-state index contributed by atoms with van der Waals surface area (Å²) >= 11 is 0. The summed E-state index contributed by atoms with van der Waals surface area (Å²) in [5, 5.41) is 14.9. The van der Waals surface area contributed by atoms with Gasteiger partial charge >= 0.3 is 5.69 Å². The molecule has 1 saturated heterocycles. The lowest BCUT2D eigenvalue weighted by Crippen LogP contribution is -2.47. The number of nitro groups is 1. The first-order chi connectivity index (χ1) is 11.5. The molecule has 0 N–H and O–H groups in total. The Bertz CT molecular complexity index is 742. The van der Waals surface area contributed by atoms with Crippen molar-refractivity contribution in [3.05, 3.63) is 45.8 Å². The molecule has 8 nitrogen and oxygen atoms in total. The average Bonchev–Trinajstić information content (AvgIpc) is 3.00. The predicted octanol–water partition coefficient (Wildman–Crippen LogP) is 2.31. The van der Waals surface area contributed by atoms with Crippen LogP contribution in [0.4, 0.5) is 15.8 Å². The highest BCUT2D eigenvalue weighted by Crippen LogP contribution is 2.32. The maximum Gasteiger partial charge on any atom is 0.327 e. The summed E-state index contributed by atoms with van der Waals surface area (Å²) in [6.45, 7) is 6.18. The van der Waals surface area contributed by atoms with E-state index >= 15 is 0 Å². The number of hydrogen-bond donors (Lipinski definition) is 0. The molecule has 1 aromatic carbocycles. The lowest BCUT2D eigenvalue weighted by Gasteiger charge is -2.37. The van der Waals surface area contributed by atoms with E-state index in [4.69, 9.17) is 4.52 Å². The van der Waals surface area contributed by atoms with E-state index in [0.717, 1.165) is 6.07 Å². The Morgan fingerprint density at radius 1 is 1.33 bits per heavy atom. The Morgan fingerprint density at radius 3 is 2.62 bits per heavy atom. The molecule has 0 bridgehead atoms. The van der Waals surface area contributed by atoms with Gasteiger partial charge < -0.3 is 9.42 Å². The molecule has 1 aliphatic rings. The summed E-state index contributed by atoms with van der Waals surface area (Å²) < 4.78 is 19.0. The Morgan fingerprint density at radius 2 is 2.04 bits per heavy atom. The summed E-state index contributed by atoms with van der Waals surface area (Å²) in [5.41, 5.74) is -0.146. The fraction of sp³-hybridized carbons (Fsp3) is 0.467. The minimum absolute atomic E-state index is 0.0316. The van der Waals surface area contributed by atoms with Crippen LogP contribution in [0.1, 0.15) is 24.7 Å². The van der Waals surface area contributed by atoms with Gasteiger partial charge in [0.25, 0.3) is 0 Å². The van der Waals surface area contributed by atoms with Crippen LogP contribution in [0.25, 0.3) is 0 Å². The molecule has 0 aliphatic carbocycles. The first-order valence-corrected chi connectivity index (χ1v) is 7.69. The van der Waals surface area contributed by atoms with Crippen LogP contribution in [0.3, 0.4) is 0 Å². The second-order valence-corrected chi connectivity index (χ2v) is 5.74. The van der Waals surface area contributed by atoms with Gasteiger partial charge in [-0.1, -0.05) is 11.2 Å². The molecule has 2 aromatic rings. The SMILES string of the molecule is Cc1noc(C(C)N2CCN(c3cccc(F)c3[N+](=O)[O-])CC2)n1. The third kappa shape index (κ3) is 3.07. The van der Waals surface area contributed by atoms with E-state index in [1.807, 2.05) is 11.8 Å². The van der Waals surface area contributed by atoms with Crippen molar-refractivity contribution >= 4 is 11.4 Å². The van der Waals surface area contributed by atoms with Gasteiger partial charge in [0.1, 0.15) is 5.69 Å². The molecule has 1 fully saturated rings. The van der Waals surface area contributed by atoms with E-state index in [1.165, 1.54) is 6.07 Å². The molecular formula is C15H18FN5O3. The number of aryl methyl sites for hydroxylation is 1. The smallest absolute Gasteiger partial charge is 0.327 e. The molecule has 1 aromatic heterocycles. The van der Waals surface area contributed by atoms with Crippen LogP contribution in [0.2, 0.25) is 0 Å². The second-order valence-electron chi connectivity index (χ2n) is 5.74. The molecule has 1 atom stereocenters. The molecule has 0 saturated carbocycles. The number of rotatable bonds is 4. The van der Waals surface area contributed by atoms with Gasteiger partial charge in [-0.15, -0.1) is 0 Å². The van der Waals surface area contributed by atoms with Crippen LogP contribution in [0.5, 0.6) is 0 Å². The highest BCUT2D eigenvalue weighted by atomic mass is 19.1. The fourth-order valence-corrected chi connectivity index (χ4v) is 2.93. The molecule has 9 heteroatoms. The van der Waals surface area contributed by atoms with Crippen molar-refractivity contribution < 1.29 is 13.8 Å². The standard InChI is InChI=1S/C15H18FN5O3/c1-10(15-17-11(2)18-24-15)19-6-8-20(9-7-19)13-5-3-4-12(16)14(13)21(22)23/h3-5,10H,6-9H2,1-2H3. The van der Waals surface area contributed by atoms with E-state index in [-0.39, 0.29) is 6.04 Å². The zero-order chi connectivity index (χ0) is 17.3. The first-order valence-electron chi connectivity index (χ1n) is 7.69. The van der Waals surface area contributed by atoms with Gasteiger partial charge in [0.05, 0.1) is 11.0 Å². The topological polar surface area (TPSA) is 88.5 Å². The summed E-state index contributed by atoms with van der Waals surface area (Å²) in [7, 11) is 0. The number of nitro benzene ring substituents is 1. The van der Waals surface area contributed by atoms with Gasteiger partial charge in [0, 0.05) is 26.2 Å². The highest BCUT2D eigenvalue weighted by Gasteiger charge is 2.29. The number of piperazine rings is 1. The fourth-order valence-electron chi connectivity index (χ4n) is 2.93. The minimum atomic E-state index is -0.811. The molecule has 2 heterocycles. The third-order valence-electron chi connectivity index (χ3n) is 4.25. The Kier molecular flexibility index (Phi) is 4.43. The van der Waals surface area contributed by atoms with E-state index in [9.17, 15) is 14.5 Å². The summed E-state index contributed by atoms with van der Waals surface area (Å²) in [6.07, 6.45) is 0.